The number of carboxylic acid groups (broad SMARTS) is 1. The number of aryl methyl sites for hydroxylation is 3. The van der Waals surface area contributed by atoms with Crippen LogP contribution in [0.1, 0.15) is 39.5 Å². The van der Waals surface area contributed by atoms with Crippen molar-refractivity contribution in [1.82, 2.24) is 9.88 Å². The number of carbonyl (C=O) groups is 1. The SMILES string of the molecule is CCc1nc(C)sc1CN1C[C@@H](C(=O)O)[C@H](c2ccccc2C)C1. The third kappa shape index (κ3) is 3.37. The van der Waals surface area contributed by atoms with Crippen LogP contribution in [0.4, 0.5) is 0 Å². The summed E-state index contributed by atoms with van der Waals surface area (Å²) in [6.07, 6.45) is 0.928. The van der Waals surface area contributed by atoms with Crippen molar-refractivity contribution in [2.45, 2.75) is 39.7 Å². The van der Waals surface area contributed by atoms with Crippen molar-refractivity contribution in [2.24, 2.45) is 5.92 Å². The highest BCUT2D eigenvalue weighted by molar-refractivity contribution is 7.11. The Kier molecular flexibility index (Phi) is 5.01. The molecule has 1 aliphatic heterocycles. The van der Waals surface area contributed by atoms with E-state index in [-0.39, 0.29) is 11.8 Å². The Bertz CT molecular complexity index is 741. The van der Waals surface area contributed by atoms with Crippen LogP contribution in [0.5, 0.6) is 0 Å². The van der Waals surface area contributed by atoms with Crippen LogP contribution in [0, 0.1) is 19.8 Å². The summed E-state index contributed by atoms with van der Waals surface area (Å²) in [5, 5.41) is 10.8. The highest BCUT2D eigenvalue weighted by Gasteiger charge is 2.39. The molecule has 0 saturated carbocycles. The molecule has 2 heterocycles. The minimum atomic E-state index is -0.693. The summed E-state index contributed by atoms with van der Waals surface area (Å²) in [6.45, 7) is 8.43. The fourth-order valence-corrected chi connectivity index (χ4v) is 4.77. The van der Waals surface area contributed by atoms with Crippen molar-refractivity contribution in [1.29, 1.82) is 0 Å². The van der Waals surface area contributed by atoms with Gasteiger partial charge in [0.25, 0.3) is 0 Å². The van der Waals surface area contributed by atoms with Gasteiger partial charge in [-0.1, -0.05) is 31.2 Å². The molecule has 1 aliphatic rings. The van der Waals surface area contributed by atoms with E-state index >= 15 is 0 Å². The number of thiazole rings is 1. The first-order valence-corrected chi connectivity index (χ1v) is 9.27. The Morgan fingerprint density at radius 2 is 2.08 bits per heavy atom. The number of hydrogen-bond donors (Lipinski definition) is 1. The van der Waals surface area contributed by atoms with E-state index in [1.165, 1.54) is 16.0 Å². The van der Waals surface area contributed by atoms with Gasteiger partial charge < -0.3 is 5.11 Å². The second-order valence-corrected chi connectivity index (χ2v) is 7.85. The number of aliphatic carboxylic acids is 1. The molecule has 2 aromatic rings. The number of rotatable bonds is 5. The monoisotopic (exact) mass is 344 g/mol. The van der Waals surface area contributed by atoms with E-state index in [9.17, 15) is 9.90 Å². The van der Waals surface area contributed by atoms with Crippen LogP contribution in [0.15, 0.2) is 24.3 Å². The summed E-state index contributed by atoms with van der Waals surface area (Å²) in [5.74, 6) is -0.977. The Morgan fingerprint density at radius 3 is 2.75 bits per heavy atom. The smallest absolute Gasteiger partial charge is 0.308 e. The molecule has 1 saturated heterocycles. The molecular formula is C19H24N2O2S. The van der Waals surface area contributed by atoms with Crippen LogP contribution < -0.4 is 0 Å². The van der Waals surface area contributed by atoms with Crippen LogP contribution in [-0.2, 0) is 17.8 Å². The molecule has 24 heavy (non-hydrogen) atoms. The number of nitrogens with zero attached hydrogens (tertiary/aromatic N) is 2. The summed E-state index contributed by atoms with van der Waals surface area (Å²) in [7, 11) is 0. The van der Waals surface area contributed by atoms with Crippen LogP contribution in [0.2, 0.25) is 0 Å². The molecule has 0 radical (unpaired) electrons. The van der Waals surface area contributed by atoms with Crippen molar-refractivity contribution < 1.29 is 9.90 Å². The molecule has 3 rings (SSSR count). The normalized spacial score (nSPS) is 21.3. The van der Waals surface area contributed by atoms with Gasteiger partial charge in [-0.15, -0.1) is 11.3 Å². The molecule has 1 fully saturated rings. The molecule has 128 valence electrons. The van der Waals surface area contributed by atoms with Crippen LogP contribution >= 0.6 is 11.3 Å². The largest absolute Gasteiger partial charge is 0.481 e. The number of benzene rings is 1. The molecule has 0 unspecified atom stereocenters. The number of aromatic nitrogens is 1. The summed E-state index contributed by atoms with van der Waals surface area (Å²) >= 11 is 1.74. The van der Waals surface area contributed by atoms with Gasteiger partial charge in [-0.3, -0.25) is 9.69 Å². The number of likely N-dealkylation sites (tertiary alicyclic amines) is 1. The third-order valence-electron chi connectivity index (χ3n) is 4.89. The zero-order valence-electron chi connectivity index (χ0n) is 14.5. The first kappa shape index (κ1) is 17.1. The average Bonchev–Trinajstić information content (AvgIpc) is 3.11. The van der Waals surface area contributed by atoms with E-state index in [1.807, 2.05) is 19.1 Å². The van der Waals surface area contributed by atoms with E-state index in [0.717, 1.165) is 30.2 Å². The molecule has 0 spiro atoms. The maximum atomic E-state index is 11.8. The van der Waals surface area contributed by atoms with Gasteiger partial charge in [-0.2, -0.15) is 0 Å². The highest BCUT2D eigenvalue weighted by atomic mass is 32.1. The maximum Gasteiger partial charge on any atom is 0.308 e. The van der Waals surface area contributed by atoms with Crippen LogP contribution in [-0.4, -0.2) is 34.0 Å². The molecule has 0 aliphatic carbocycles. The van der Waals surface area contributed by atoms with E-state index in [4.69, 9.17) is 0 Å². The molecule has 2 atom stereocenters. The Hall–Kier alpha value is -1.72. The van der Waals surface area contributed by atoms with E-state index in [2.05, 4.69) is 35.9 Å². The lowest BCUT2D eigenvalue weighted by Crippen LogP contribution is -2.23. The van der Waals surface area contributed by atoms with Gasteiger partial charge in [-0.05, 0) is 31.4 Å². The van der Waals surface area contributed by atoms with Gasteiger partial charge in [-0.25, -0.2) is 4.98 Å². The first-order chi connectivity index (χ1) is 11.5. The van der Waals surface area contributed by atoms with Crippen LogP contribution in [0.3, 0.4) is 0 Å². The standard InChI is InChI=1S/C19H24N2O2S/c1-4-17-18(24-13(3)20-17)11-21-9-15(16(10-21)19(22)23)14-8-6-5-7-12(14)2/h5-8,15-16H,4,9-11H2,1-3H3,(H,22,23)/t15-,16+/m0/s1. The average molecular weight is 344 g/mol. The molecular weight excluding hydrogens is 320 g/mol. The molecule has 1 aromatic carbocycles. The Morgan fingerprint density at radius 1 is 1.33 bits per heavy atom. The fraction of sp³-hybridized carbons (Fsp3) is 0.474. The molecule has 0 bridgehead atoms. The van der Waals surface area contributed by atoms with Crippen molar-refractivity contribution >= 4 is 17.3 Å². The molecule has 1 aromatic heterocycles. The lowest BCUT2D eigenvalue weighted by molar-refractivity contribution is -0.141. The van der Waals surface area contributed by atoms with Crippen molar-refractivity contribution in [2.75, 3.05) is 13.1 Å². The predicted octanol–water partition coefficient (Wildman–Crippen LogP) is 3.62. The topological polar surface area (TPSA) is 53.4 Å². The van der Waals surface area contributed by atoms with E-state index in [0.29, 0.717) is 6.54 Å². The van der Waals surface area contributed by atoms with Crippen molar-refractivity contribution in [3.63, 3.8) is 0 Å². The van der Waals surface area contributed by atoms with Gasteiger partial charge in [0.1, 0.15) is 0 Å². The third-order valence-corrected chi connectivity index (χ3v) is 5.89. The van der Waals surface area contributed by atoms with Crippen molar-refractivity contribution in [3.8, 4) is 0 Å². The summed E-state index contributed by atoms with van der Waals surface area (Å²) in [4.78, 5) is 19.9. The van der Waals surface area contributed by atoms with E-state index < -0.39 is 5.97 Å². The van der Waals surface area contributed by atoms with Crippen LogP contribution in [0.25, 0.3) is 0 Å². The lowest BCUT2D eigenvalue weighted by atomic mass is 9.86. The van der Waals surface area contributed by atoms with Crippen molar-refractivity contribution in [3.05, 3.63) is 51.0 Å². The first-order valence-electron chi connectivity index (χ1n) is 8.45. The van der Waals surface area contributed by atoms with Gasteiger partial charge in [0.05, 0.1) is 16.6 Å². The second-order valence-electron chi connectivity index (χ2n) is 6.56. The Balaban J connectivity index is 1.83. The summed E-state index contributed by atoms with van der Waals surface area (Å²) in [6, 6.07) is 8.16. The zero-order valence-corrected chi connectivity index (χ0v) is 15.3. The lowest BCUT2D eigenvalue weighted by Gasteiger charge is -2.18. The van der Waals surface area contributed by atoms with Gasteiger partial charge in [0.15, 0.2) is 0 Å². The highest BCUT2D eigenvalue weighted by Crippen LogP contribution is 2.36. The molecule has 0 amide bonds. The van der Waals surface area contributed by atoms with Gasteiger partial charge in [0.2, 0.25) is 0 Å². The molecule has 4 nitrogen and oxygen atoms in total. The molecule has 5 heteroatoms. The maximum absolute atomic E-state index is 11.8. The fourth-order valence-electron chi connectivity index (χ4n) is 3.70. The number of hydrogen-bond acceptors (Lipinski definition) is 4. The minimum absolute atomic E-state index is 0.0581. The second kappa shape index (κ2) is 7.03. The zero-order chi connectivity index (χ0) is 17.3. The Labute approximate surface area is 147 Å². The van der Waals surface area contributed by atoms with Gasteiger partial charge in [0, 0.05) is 30.4 Å². The van der Waals surface area contributed by atoms with Gasteiger partial charge >= 0.3 is 5.97 Å². The summed E-state index contributed by atoms with van der Waals surface area (Å²) in [5.41, 5.74) is 3.51. The van der Waals surface area contributed by atoms with E-state index in [1.54, 1.807) is 11.3 Å². The number of carboxylic acids is 1. The molecule has 1 N–H and O–H groups in total. The summed E-state index contributed by atoms with van der Waals surface area (Å²) < 4.78 is 0. The predicted molar refractivity (Wildman–Crippen MR) is 96.6 cm³/mol. The minimum Gasteiger partial charge on any atom is -0.481 e. The quantitative estimate of drug-likeness (QED) is 0.900.